The van der Waals surface area contributed by atoms with Gasteiger partial charge in [-0.3, -0.25) is 0 Å². The van der Waals surface area contributed by atoms with Gasteiger partial charge in [-0.1, -0.05) is 0 Å². The highest BCUT2D eigenvalue weighted by molar-refractivity contribution is 5.79. The van der Waals surface area contributed by atoms with Crippen LogP contribution >= 0.6 is 0 Å². The number of pyridine rings is 1. The van der Waals surface area contributed by atoms with Crippen LogP contribution in [0.4, 0.5) is 5.82 Å². The van der Waals surface area contributed by atoms with Gasteiger partial charge in [-0.15, -0.1) is 0 Å². The molecule has 0 spiro atoms. The number of carboxylic acid groups (broad SMARTS) is 1. The Hall–Kier alpha value is -1.62. The fourth-order valence-electron chi connectivity index (χ4n) is 0.993. The summed E-state index contributed by atoms with van der Waals surface area (Å²) in [5.74, 6) is -0.710. The molecule has 1 aromatic heterocycles. The quantitative estimate of drug-likeness (QED) is 0.627. The van der Waals surface area contributed by atoms with E-state index < -0.39 is 11.5 Å². The zero-order valence-electron chi connectivity index (χ0n) is 8.11. The van der Waals surface area contributed by atoms with Gasteiger partial charge in [0.2, 0.25) is 0 Å². The van der Waals surface area contributed by atoms with Crippen molar-refractivity contribution in [3.63, 3.8) is 0 Å². The largest absolute Gasteiger partial charge is 0.480 e. The minimum atomic E-state index is -1.43. The summed E-state index contributed by atoms with van der Waals surface area (Å²) in [6.45, 7) is 3.17. The molecule has 0 fully saturated rings. The van der Waals surface area contributed by atoms with Gasteiger partial charge in [0.15, 0.2) is 0 Å². The van der Waals surface area contributed by atoms with Crippen LogP contribution in [0.25, 0.3) is 0 Å². The number of carboxylic acids is 1. The standard InChI is InChI=1S/C9H13N3O2/c1-5-3-6(4-12-7(5)10)9(2,11)8(13)14/h3-4H,11H2,1-2H3,(H2,10,12)(H,13,14)/t9-/m0/s1. The topological polar surface area (TPSA) is 102 Å². The number of anilines is 1. The van der Waals surface area contributed by atoms with Gasteiger partial charge in [0.25, 0.3) is 0 Å². The summed E-state index contributed by atoms with van der Waals surface area (Å²) in [5.41, 5.74) is 10.9. The van der Waals surface area contributed by atoms with E-state index in [-0.39, 0.29) is 0 Å². The lowest BCUT2D eigenvalue weighted by atomic mass is 9.94. The predicted molar refractivity (Wildman–Crippen MR) is 52.6 cm³/mol. The number of nitrogens with zero attached hydrogens (tertiary/aromatic N) is 1. The van der Waals surface area contributed by atoms with Crippen LogP contribution in [0.15, 0.2) is 12.3 Å². The summed E-state index contributed by atoms with van der Waals surface area (Å²) < 4.78 is 0. The SMILES string of the molecule is Cc1cc([C@](C)(N)C(=O)O)cnc1N. The van der Waals surface area contributed by atoms with Gasteiger partial charge in [0.1, 0.15) is 11.4 Å². The van der Waals surface area contributed by atoms with Gasteiger partial charge >= 0.3 is 5.97 Å². The van der Waals surface area contributed by atoms with Crippen molar-refractivity contribution in [1.82, 2.24) is 4.98 Å². The highest BCUT2D eigenvalue weighted by Crippen LogP contribution is 2.20. The normalized spacial score (nSPS) is 14.8. The van der Waals surface area contributed by atoms with Gasteiger partial charge in [-0.2, -0.15) is 0 Å². The van der Waals surface area contributed by atoms with Crippen LogP contribution in [0.1, 0.15) is 18.1 Å². The lowest BCUT2D eigenvalue weighted by Crippen LogP contribution is -2.41. The van der Waals surface area contributed by atoms with Crippen LogP contribution in [-0.4, -0.2) is 16.1 Å². The van der Waals surface area contributed by atoms with E-state index in [0.717, 1.165) is 5.56 Å². The minimum absolute atomic E-state index is 0.384. The second kappa shape index (κ2) is 3.26. The number of aromatic nitrogens is 1. The first-order chi connectivity index (χ1) is 6.35. The second-order valence-corrected chi connectivity index (χ2v) is 3.43. The first kappa shape index (κ1) is 10.5. The summed E-state index contributed by atoms with van der Waals surface area (Å²) in [4.78, 5) is 14.7. The third kappa shape index (κ3) is 1.67. The van der Waals surface area contributed by atoms with Crippen LogP contribution in [0.5, 0.6) is 0 Å². The van der Waals surface area contributed by atoms with E-state index in [4.69, 9.17) is 16.6 Å². The van der Waals surface area contributed by atoms with Crippen molar-refractivity contribution in [1.29, 1.82) is 0 Å². The Balaban J connectivity index is 3.21. The molecule has 0 aliphatic heterocycles. The van der Waals surface area contributed by atoms with Gasteiger partial charge in [0, 0.05) is 11.8 Å². The number of carbonyl (C=O) groups is 1. The van der Waals surface area contributed by atoms with Crippen LogP contribution in [0.3, 0.4) is 0 Å². The van der Waals surface area contributed by atoms with E-state index in [1.54, 1.807) is 13.0 Å². The number of aryl methyl sites for hydroxylation is 1. The van der Waals surface area contributed by atoms with Crippen LogP contribution in [0.2, 0.25) is 0 Å². The van der Waals surface area contributed by atoms with Crippen LogP contribution in [-0.2, 0) is 10.3 Å². The number of nitrogen functional groups attached to an aromatic ring is 1. The lowest BCUT2D eigenvalue weighted by molar-refractivity contribution is -0.143. The molecule has 0 saturated heterocycles. The molecule has 1 heterocycles. The highest BCUT2D eigenvalue weighted by atomic mass is 16.4. The molecule has 0 bridgehead atoms. The Bertz CT molecular complexity index is 374. The highest BCUT2D eigenvalue weighted by Gasteiger charge is 2.30. The fraction of sp³-hybridized carbons (Fsp3) is 0.333. The van der Waals surface area contributed by atoms with E-state index in [1.807, 2.05) is 0 Å². The molecule has 14 heavy (non-hydrogen) atoms. The molecule has 76 valence electrons. The first-order valence-electron chi connectivity index (χ1n) is 4.10. The maximum Gasteiger partial charge on any atom is 0.328 e. The monoisotopic (exact) mass is 195 g/mol. The molecule has 0 amide bonds. The summed E-state index contributed by atoms with van der Waals surface area (Å²) >= 11 is 0. The van der Waals surface area contributed by atoms with Crippen molar-refractivity contribution in [2.75, 3.05) is 5.73 Å². The number of hydrogen-bond acceptors (Lipinski definition) is 4. The molecule has 5 N–H and O–H groups in total. The van der Waals surface area contributed by atoms with Crippen molar-refractivity contribution in [2.45, 2.75) is 19.4 Å². The Kier molecular flexibility index (Phi) is 2.44. The lowest BCUT2D eigenvalue weighted by Gasteiger charge is -2.19. The maximum atomic E-state index is 10.8. The molecular weight excluding hydrogens is 182 g/mol. The zero-order chi connectivity index (χ0) is 10.9. The molecule has 1 atom stereocenters. The molecule has 0 aromatic carbocycles. The first-order valence-corrected chi connectivity index (χ1v) is 4.10. The fourth-order valence-corrected chi connectivity index (χ4v) is 0.993. The number of aliphatic carboxylic acids is 1. The van der Waals surface area contributed by atoms with E-state index in [9.17, 15) is 4.79 Å². The third-order valence-electron chi connectivity index (χ3n) is 2.16. The molecule has 1 rings (SSSR count). The van der Waals surface area contributed by atoms with Crippen molar-refractivity contribution in [2.24, 2.45) is 5.73 Å². The number of hydrogen-bond donors (Lipinski definition) is 3. The van der Waals surface area contributed by atoms with Crippen molar-refractivity contribution in [3.8, 4) is 0 Å². The van der Waals surface area contributed by atoms with Crippen molar-refractivity contribution < 1.29 is 9.90 Å². The maximum absolute atomic E-state index is 10.8. The second-order valence-electron chi connectivity index (χ2n) is 3.43. The van der Waals surface area contributed by atoms with E-state index in [1.165, 1.54) is 13.1 Å². The predicted octanol–water partition coefficient (Wildman–Crippen LogP) is 0.231. The zero-order valence-corrected chi connectivity index (χ0v) is 8.11. The van der Waals surface area contributed by atoms with E-state index in [0.29, 0.717) is 11.4 Å². The summed E-state index contributed by atoms with van der Waals surface area (Å²) in [6, 6.07) is 1.64. The van der Waals surface area contributed by atoms with Gasteiger partial charge < -0.3 is 16.6 Å². The Morgan fingerprint density at radius 1 is 1.64 bits per heavy atom. The van der Waals surface area contributed by atoms with Crippen molar-refractivity contribution >= 4 is 11.8 Å². The summed E-state index contributed by atoms with van der Waals surface area (Å²) in [5, 5.41) is 8.87. The Morgan fingerprint density at radius 2 is 2.21 bits per heavy atom. The Labute approximate surface area is 81.7 Å². The van der Waals surface area contributed by atoms with Crippen molar-refractivity contribution in [3.05, 3.63) is 23.4 Å². The summed E-state index contributed by atoms with van der Waals surface area (Å²) in [7, 11) is 0. The average molecular weight is 195 g/mol. The molecule has 0 unspecified atom stereocenters. The summed E-state index contributed by atoms with van der Waals surface area (Å²) in [6.07, 6.45) is 1.39. The van der Waals surface area contributed by atoms with Gasteiger partial charge in [-0.25, -0.2) is 9.78 Å². The van der Waals surface area contributed by atoms with Gasteiger partial charge in [0.05, 0.1) is 0 Å². The number of rotatable bonds is 2. The Morgan fingerprint density at radius 3 is 2.64 bits per heavy atom. The number of nitrogens with two attached hydrogens (primary N) is 2. The molecule has 0 aliphatic carbocycles. The molecule has 0 aliphatic rings. The molecule has 0 radical (unpaired) electrons. The minimum Gasteiger partial charge on any atom is -0.480 e. The van der Waals surface area contributed by atoms with Crippen LogP contribution in [0, 0.1) is 6.92 Å². The third-order valence-corrected chi connectivity index (χ3v) is 2.16. The molecule has 0 saturated carbocycles. The van der Waals surface area contributed by atoms with E-state index in [2.05, 4.69) is 4.98 Å². The molecule has 5 heteroatoms. The molecular formula is C9H13N3O2. The average Bonchev–Trinajstić information content (AvgIpc) is 2.09. The van der Waals surface area contributed by atoms with Gasteiger partial charge in [-0.05, 0) is 25.5 Å². The molecule has 5 nitrogen and oxygen atoms in total. The smallest absolute Gasteiger partial charge is 0.328 e. The van der Waals surface area contributed by atoms with Crippen LogP contribution < -0.4 is 11.5 Å². The molecule has 1 aromatic rings. The van der Waals surface area contributed by atoms with E-state index >= 15 is 0 Å².